The van der Waals surface area contributed by atoms with Gasteiger partial charge in [-0.1, -0.05) is 13.3 Å². The first-order chi connectivity index (χ1) is 5.68. The summed E-state index contributed by atoms with van der Waals surface area (Å²) in [5.41, 5.74) is 0. The highest BCUT2D eigenvalue weighted by molar-refractivity contribution is 4.40. The van der Waals surface area contributed by atoms with Crippen LogP contribution in [0.5, 0.6) is 0 Å². The molecule has 0 fully saturated rings. The van der Waals surface area contributed by atoms with Crippen LogP contribution < -0.4 is 12.4 Å². The maximum Gasteiger partial charge on any atom is 0.102 e. The zero-order valence-corrected chi connectivity index (χ0v) is 9.43. The quantitative estimate of drug-likeness (QED) is 0.448. The highest BCUT2D eigenvalue weighted by Crippen LogP contribution is 2.04. The van der Waals surface area contributed by atoms with Gasteiger partial charge in [0, 0.05) is 0 Å². The van der Waals surface area contributed by atoms with Crippen LogP contribution in [0.25, 0.3) is 0 Å². The van der Waals surface area contributed by atoms with E-state index in [0.717, 1.165) is 30.5 Å². The average Bonchev–Trinajstić information content (AvgIpc) is 2.02. The van der Waals surface area contributed by atoms with Crippen molar-refractivity contribution < 1.29 is 27.1 Å². The van der Waals surface area contributed by atoms with Crippen molar-refractivity contribution in [3.63, 3.8) is 0 Å². The third-order valence-corrected chi connectivity index (χ3v) is 2.33. The van der Waals surface area contributed by atoms with Gasteiger partial charge in [0.15, 0.2) is 0 Å². The van der Waals surface area contributed by atoms with E-state index < -0.39 is 0 Å². The van der Waals surface area contributed by atoms with Gasteiger partial charge < -0.3 is 27.1 Å². The molecule has 4 heteroatoms. The number of halogens is 1. The van der Waals surface area contributed by atoms with Gasteiger partial charge >= 0.3 is 0 Å². The predicted octanol–water partition coefficient (Wildman–Crippen LogP) is -2.78. The van der Waals surface area contributed by atoms with Crippen LogP contribution in [-0.2, 0) is 0 Å². The standard InChI is InChI=1S/C9H22NO2.ClH/c1-3-4-5-10(2,6-8-11)7-9-12;/h11-12H,3-9H2,1-2H3;1H/q+1;/p-1. The van der Waals surface area contributed by atoms with Crippen molar-refractivity contribution in [2.24, 2.45) is 0 Å². The zero-order chi connectivity index (χ0) is 9.45. The molecule has 0 bridgehead atoms. The summed E-state index contributed by atoms with van der Waals surface area (Å²) in [6.45, 7) is 5.13. The second kappa shape index (κ2) is 8.75. The van der Waals surface area contributed by atoms with Crippen LogP contribution in [0, 0.1) is 0 Å². The third-order valence-electron chi connectivity index (χ3n) is 2.33. The van der Waals surface area contributed by atoms with Gasteiger partial charge in [-0.25, -0.2) is 0 Å². The first-order valence-corrected chi connectivity index (χ1v) is 4.74. The summed E-state index contributed by atoms with van der Waals surface area (Å²) in [5.74, 6) is 0. The first kappa shape index (κ1) is 15.6. The Morgan fingerprint density at radius 2 is 1.46 bits per heavy atom. The zero-order valence-electron chi connectivity index (χ0n) is 8.67. The van der Waals surface area contributed by atoms with E-state index in [-0.39, 0.29) is 25.6 Å². The number of rotatable bonds is 7. The molecule has 0 atom stereocenters. The van der Waals surface area contributed by atoms with Gasteiger partial charge in [0.05, 0.1) is 26.8 Å². The Morgan fingerprint density at radius 3 is 1.77 bits per heavy atom. The summed E-state index contributed by atoms with van der Waals surface area (Å²) in [6.07, 6.45) is 2.33. The summed E-state index contributed by atoms with van der Waals surface area (Å²) < 4.78 is 0.792. The van der Waals surface area contributed by atoms with Gasteiger partial charge in [-0.05, 0) is 6.42 Å². The second-order valence-corrected chi connectivity index (χ2v) is 3.59. The number of nitrogens with zero attached hydrogens (tertiary/aromatic N) is 1. The Balaban J connectivity index is 0. The molecule has 0 aliphatic rings. The molecule has 0 rings (SSSR count). The summed E-state index contributed by atoms with van der Waals surface area (Å²) in [4.78, 5) is 0. The van der Waals surface area contributed by atoms with E-state index in [1.807, 2.05) is 0 Å². The number of unbranched alkanes of at least 4 members (excludes halogenated alkanes) is 1. The highest BCUT2D eigenvalue weighted by Gasteiger charge is 2.18. The Hall–Kier alpha value is 0.170. The molecule has 13 heavy (non-hydrogen) atoms. The molecule has 82 valence electrons. The van der Waals surface area contributed by atoms with Crippen molar-refractivity contribution in [3.05, 3.63) is 0 Å². The lowest BCUT2D eigenvalue weighted by Gasteiger charge is -2.33. The van der Waals surface area contributed by atoms with Crippen molar-refractivity contribution in [1.82, 2.24) is 0 Å². The lowest BCUT2D eigenvalue weighted by Crippen LogP contribution is -3.00. The molecule has 0 aliphatic carbocycles. The van der Waals surface area contributed by atoms with E-state index in [9.17, 15) is 0 Å². The van der Waals surface area contributed by atoms with E-state index in [4.69, 9.17) is 10.2 Å². The van der Waals surface area contributed by atoms with Crippen LogP contribution in [-0.4, -0.2) is 54.6 Å². The molecule has 0 unspecified atom stereocenters. The SMILES string of the molecule is CCCC[N+](C)(CCO)CCO.[Cl-]. The smallest absolute Gasteiger partial charge is 0.102 e. The van der Waals surface area contributed by atoms with Gasteiger partial charge in [0.1, 0.15) is 13.1 Å². The maximum atomic E-state index is 8.83. The van der Waals surface area contributed by atoms with Crippen molar-refractivity contribution in [2.75, 3.05) is 39.9 Å². The number of quaternary nitrogens is 1. The van der Waals surface area contributed by atoms with Gasteiger partial charge in [-0.2, -0.15) is 0 Å². The Kier molecular flexibility index (Phi) is 10.5. The van der Waals surface area contributed by atoms with Gasteiger partial charge in [-0.15, -0.1) is 0 Å². The topological polar surface area (TPSA) is 40.5 Å². The molecule has 0 aliphatic heterocycles. The Labute approximate surface area is 87.4 Å². The summed E-state index contributed by atoms with van der Waals surface area (Å²) >= 11 is 0. The summed E-state index contributed by atoms with van der Waals surface area (Å²) in [5, 5.41) is 17.7. The Morgan fingerprint density at radius 1 is 1.00 bits per heavy atom. The van der Waals surface area contributed by atoms with Crippen LogP contribution in [0.1, 0.15) is 19.8 Å². The lowest BCUT2D eigenvalue weighted by atomic mass is 10.2. The van der Waals surface area contributed by atoms with E-state index in [1.165, 1.54) is 6.42 Å². The number of hydrogen-bond donors (Lipinski definition) is 2. The monoisotopic (exact) mass is 211 g/mol. The third kappa shape index (κ3) is 7.26. The van der Waals surface area contributed by atoms with E-state index in [1.54, 1.807) is 0 Å². The van der Waals surface area contributed by atoms with Crippen LogP contribution >= 0.6 is 0 Å². The maximum absolute atomic E-state index is 8.83. The molecule has 0 aromatic carbocycles. The Bertz CT molecular complexity index is 106. The van der Waals surface area contributed by atoms with E-state index in [0.29, 0.717) is 0 Å². The minimum absolute atomic E-state index is 0. The second-order valence-electron chi connectivity index (χ2n) is 3.59. The van der Waals surface area contributed by atoms with Crippen LogP contribution in [0.3, 0.4) is 0 Å². The average molecular weight is 212 g/mol. The number of aliphatic hydroxyl groups excluding tert-OH is 2. The van der Waals surface area contributed by atoms with Gasteiger partial charge in [0.2, 0.25) is 0 Å². The molecule has 0 aromatic heterocycles. The van der Waals surface area contributed by atoms with Gasteiger partial charge in [-0.3, -0.25) is 0 Å². The summed E-state index contributed by atoms with van der Waals surface area (Å²) in [7, 11) is 2.09. The molecule has 0 aromatic rings. The minimum Gasteiger partial charge on any atom is -1.00 e. The first-order valence-electron chi connectivity index (χ1n) is 4.74. The molecular formula is C9H22ClNO2. The molecule has 0 radical (unpaired) electrons. The molecule has 0 amide bonds. The van der Waals surface area contributed by atoms with Crippen molar-refractivity contribution in [3.8, 4) is 0 Å². The molecule has 0 spiro atoms. The fraction of sp³-hybridized carbons (Fsp3) is 1.00. The largest absolute Gasteiger partial charge is 1.00 e. The normalized spacial score (nSPS) is 11.1. The molecule has 0 heterocycles. The van der Waals surface area contributed by atoms with E-state index in [2.05, 4.69) is 14.0 Å². The molecule has 0 saturated heterocycles. The predicted molar refractivity (Wildman–Crippen MR) is 49.9 cm³/mol. The minimum atomic E-state index is 0. The van der Waals surface area contributed by atoms with Crippen LogP contribution in [0.2, 0.25) is 0 Å². The van der Waals surface area contributed by atoms with Crippen molar-refractivity contribution in [2.45, 2.75) is 19.8 Å². The number of likely N-dealkylation sites (N-methyl/N-ethyl adjacent to an activating group) is 1. The molecule has 0 saturated carbocycles. The van der Waals surface area contributed by atoms with E-state index >= 15 is 0 Å². The number of aliphatic hydroxyl groups is 2. The molecule has 2 N–H and O–H groups in total. The fourth-order valence-electron chi connectivity index (χ4n) is 1.36. The van der Waals surface area contributed by atoms with Gasteiger partial charge in [0.25, 0.3) is 0 Å². The molecule has 3 nitrogen and oxygen atoms in total. The van der Waals surface area contributed by atoms with Crippen molar-refractivity contribution in [1.29, 1.82) is 0 Å². The fourth-order valence-corrected chi connectivity index (χ4v) is 1.36. The number of hydrogen-bond acceptors (Lipinski definition) is 2. The van der Waals surface area contributed by atoms with Crippen LogP contribution in [0.4, 0.5) is 0 Å². The van der Waals surface area contributed by atoms with Crippen molar-refractivity contribution >= 4 is 0 Å². The summed E-state index contributed by atoms with van der Waals surface area (Å²) in [6, 6.07) is 0. The molecular weight excluding hydrogens is 190 g/mol. The lowest BCUT2D eigenvalue weighted by molar-refractivity contribution is -0.910. The van der Waals surface area contributed by atoms with Crippen LogP contribution in [0.15, 0.2) is 0 Å². The highest BCUT2D eigenvalue weighted by atomic mass is 35.5.